The number of rotatable bonds is 3. The number of pyridine rings is 1. The normalized spacial score (nSPS) is 11.4. The molecule has 0 amide bonds. The molecule has 0 aliphatic heterocycles. The number of aromatic nitrogens is 1. The zero-order chi connectivity index (χ0) is 8.10. The maximum Gasteiger partial charge on any atom is 0.138 e. The molecule has 1 unspecified atom stereocenters. The van der Waals surface area contributed by atoms with Gasteiger partial charge in [-0.25, -0.2) is 0 Å². The minimum atomic E-state index is -0.431. The molecular weight excluding hydrogens is 178 g/mol. The van der Waals surface area contributed by atoms with Gasteiger partial charge in [-0.3, -0.25) is 4.98 Å². The van der Waals surface area contributed by atoms with Crippen LogP contribution in [-0.2, 0) is 11.2 Å². The predicted molar refractivity (Wildman–Crippen MR) is 47.3 cm³/mol. The molecule has 0 fully saturated rings. The number of hydrogen-bond donors (Lipinski definition) is 0. The average Bonchev–Trinajstić information content (AvgIpc) is 2.06. The molecule has 0 saturated carbocycles. The summed E-state index contributed by atoms with van der Waals surface area (Å²) in [4.78, 5) is 14.1. The van der Waals surface area contributed by atoms with Gasteiger partial charge in [0.1, 0.15) is 6.29 Å². The lowest BCUT2D eigenvalue weighted by Crippen LogP contribution is -2.03. The lowest BCUT2D eigenvalue weighted by molar-refractivity contribution is -0.107. The van der Waals surface area contributed by atoms with E-state index in [0.29, 0.717) is 6.42 Å². The molecular formula is C8H10ClNO2. The highest BCUT2D eigenvalue weighted by atomic mass is 35.5. The highest BCUT2D eigenvalue weighted by Gasteiger charge is 2.02. The number of nitrogens with zero attached hydrogens (tertiary/aromatic N) is 1. The van der Waals surface area contributed by atoms with Gasteiger partial charge >= 0.3 is 0 Å². The number of halogens is 1. The van der Waals surface area contributed by atoms with Gasteiger partial charge in [-0.05, 0) is 18.1 Å². The Bertz CT molecular complexity index is 228. The third-order valence-corrected chi connectivity index (χ3v) is 1.56. The minimum absolute atomic E-state index is 0. The van der Waals surface area contributed by atoms with Crippen LogP contribution in [0.25, 0.3) is 0 Å². The zero-order valence-electron chi connectivity index (χ0n) is 6.40. The molecule has 0 radical (unpaired) electrons. The lowest BCUT2D eigenvalue weighted by Gasteiger charge is -1.99. The Kier molecular flexibility index (Phi) is 5.25. The molecule has 4 heteroatoms. The van der Waals surface area contributed by atoms with E-state index < -0.39 is 5.38 Å². The summed E-state index contributed by atoms with van der Waals surface area (Å²) in [6.45, 7) is 0. The number of carbonyl (C=O) groups is 1. The van der Waals surface area contributed by atoms with Crippen LogP contribution >= 0.6 is 11.6 Å². The van der Waals surface area contributed by atoms with Crippen molar-refractivity contribution in [3.05, 3.63) is 30.1 Å². The molecule has 2 N–H and O–H groups in total. The van der Waals surface area contributed by atoms with Crippen LogP contribution in [0.4, 0.5) is 0 Å². The molecule has 0 bridgehead atoms. The van der Waals surface area contributed by atoms with Crippen LogP contribution in [0, 0.1) is 0 Å². The van der Waals surface area contributed by atoms with Crippen LogP contribution < -0.4 is 0 Å². The summed E-state index contributed by atoms with van der Waals surface area (Å²) >= 11 is 5.60. The smallest absolute Gasteiger partial charge is 0.138 e. The van der Waals surface area contributed by atoms with Crippen LogP contribution in [0.1, 0.15) is 5.56 Å². The Hall–Kier alpha value is -0.930. The maximum atomic E-state index is 10.2. The summed E-state index contributed by atoms with van der Waals surface area (Å²) in [7, 11) is 0. The molecule has 1 rings (SSSR count). The van der Waals surface area contributed by atoms with Crippen LogP contribution in [0.2, 0.25) is 0 Å². The third kappa shape index (κ3) is 3.46. The van der Waals surface area contributed by atoms with Crippen LogP contribution in [-0.4, -0.2) is 22.1 Å². The fourth-order valence-corrected chi connectivity index (χ4v) is 0.970. The Morgan fingerprint density at radius 3 is 2.92 bits per heavy atom. The predicted octanol–water partition coefficient (Wildman–Crippen LogP) is 0.606. The first-order valence-electron chi connectivity index (χ1n) is 3.31. The van der Waals surface area contributed by atoms with E-state index in [1.54, 1.807) is 12.4 Å². The van der Waals surface area contributed by atoms with E-state index in [-0.39, 0.29) is 5.48 Å². The van der Waals surface area contributed by atoms with E-state index in [1.165, 1.54) is 0 Å². The third-order valence-electron chi connectivity index (χ3n) is 1.30. The molecule has 1 atom stereocenters. The van der Waals surface area contributed by atoms with Crippen molar-refractivity contribution in [2.45, 2.75) is 11.8 Å². The van der Waals surface area contributed by atoms with E-state index in [1.807, 2.05) is 12.1 Å². The van der Waals surface area contributed by atoms with Gasteiger partial charge < -0.3 is 10.3 Å². The van der Waals surface area contributed by atoms with Crippen molar-refractivity contribution in [2.75, 3.05) is 0 Å². The summed E-state index contributed by atoms with van der Waals surface area (Å²) in [6, 6.07) is 3.72. The molecule has 0 aliphatic rings. The lowest BCUT2D eigenvalue weighted by atomic mass is 10.2. The number of carbonyl (C=O) groups excluding carboxylic acids is 1. The zero-order valence-corrected chi connectivity index (χ0v) is 7.16. The molecule has 0 spiro atoms. The van der Waals surface area contributed by atoms with E-state index >= 15 is 0 Å². The summed E-state index contributed by atoms with van der Waals surface area (Å²) in [5, 5.41) is -0.431. The van der Waals surface area contributed by atoms with Gasteiger partial charge in [0.05, 0.1) is 5.38 Å². The van der Waals surface area contributed by atoms with E-state index in [0.717, 1.165) is 11.8 Å². The summed E-state index contributed by atoms with van der Waals surface area (Å²) in [5.74, 6) is 0. The van der Waals surface area contributed by atoms with Crippen molar-refractivity contribution in [3.8, 4) is 0 Å². The standard InChI is InChI=1S/C8H8ClNO.H2O/c9-8(6-11)4-7-2-1-3-10-5-7;/h1-3,5-6,8H,4H2;1H2. The summed E-state index contributed by atoms with van der Waals surface area (Å²) in [5.41, 5.74) is 0.986. The van der Waals surface area contributed by atoms with Crippen molar-refractivity contribution < 1.29 is 10.3 Å². The van der Waals surface area contributed by atoms with Gasteiger partial charge in [0.25, 0.3) is 0 Å². The number of hydrogen-bond acceptors (Lipinski definition) is 2. The maximum absolute atomic E-state index is 10.2. The topological polar surface area (TPSA) is 61.5 Å². The SMILES string of the molecule is O.O=CC(Cl)Cc1cccnc1. The van der Waals surface area contributed by atoms with Crippen molar-refractivity contribution in [1.82, 2.24) is 4.98 Å². The fourth-order valence-electron chi connectivity index (χ4n) is 0.792. The molecule has 1 heterocycles. The molecule has 0 saturated heterocycles. The highest BCUT2D eigenvalue weighted by molar-refractivity contribution is 6.27. The molecule has 0 aromatic carbocycles. The minimum Gasteiger partial charge on any atom is -0.412 e. The largest absolute Gasteiger partial charge is 0.412 e. The van der Waals surface area contributed by atoms with E-state index in [2.05, 4.69) is 4.98 Å². The number of alkyl halides is 1. The summed E-state index contributed by atoms with van der Waals surface area (Å²) < 4.78 is 0. The van der Waals surface area contributed by atoms with Gasteiger partial charge in [0, 0.05) is 12.4 Å². The first kappa shape index (κ1) is 11.1. The van der Waals surface area contributed by atoms with Crippen molar-refractivity contribution >= 4 is 17.9 Å². The molecule has 1 aromatic heterocycles. The second-order valence-electron chi connectivity index (χ2n) is 2.22. The van der Waals surface area contributed by atoms with Gasteiger partial charge in [-0.1, -0.05) is 6.07 Å². The first-order chi connectivity index (χ1) is 5.33. The highest BCUT2D eigenvalue weighted by Crippen LogP contribution is 2.03. The van der Waals surface area contributed by atoms with Gasteiger partial charge in [-0.2, -0.15) is 0 Å². The Balaban J connectivity index is 0.00000121. The molecule has 3 nitrogen and oxygen atoms in total. The Morgan fingerprint density at radius 2 is 2.42 bits per heavy atom. The average molecular weight is 188 g/mol. The number of aldehydes is 1. The molecule has 1 aromatic rings. The second-order valence-corrected chi connectivity index (χ2v) is 2.78. The van der Waals surface area contributed by atoms with Crippen LogP contribution in [0.5, 0.6) is 0 Å². The van der Waals surface area contributed by atoms with Crippen molar-refractivity contribution in [1.29, 1.82) is 0 Å². The second kappa shape index (κ2) is 5.69. The van der Waals surface area contributed by atoms with Gasteiger partial charge in [0.2, 0.25) is 0 Å². The van der Waals surface area contributed by atoms with Crippen LogP contribution in [0.15, 0.2) is 24.5 Å². The van der Waals surface area contributed by atoms with E-state index in [9.17, 15) is 4.79 Å². The van der Waals surface area contributed by atoms with Crippen LogP contribution in [0.3, 0.4) is 0 Å². The summed E-state index contributed by atoms with van der Waals surface area (Å²) in [6.07, 6.45) is 4.68. The monoisotopic (exact) mass is 187 g/mol. The molecule has 66 valence electrons. The van der Waals surface area contributed by atoms with E-state index in [4.69, 9.17) is 11.6 Å². The Labute approximate surface area is 75.7 Å². The van der Waals surface area contributed by atoms with Gasteiger partial charge in [-0.15, -0.1) is 11.6 Å². The fraction of sp³-hybridized carbons (Fsp3) is 0.250. The Morgan fingerprint density at radius 1 is 1.67 bits per heavy atom. The van der Waals surface area contributed by atoms with Crippen molar-refractivity contribution in [2.24, 2.45) is 0 Å². The molecule has 0 aliphatic carbocycles. The molecule has 12 heavy (non-hydrogen) atoms. The van der Waals surface area contributed by atoms with Gasteiger partial charge in [0.15, 0.2) is 0 Å². The first-order valence-corrected chi connectivity index (χ1v) is 3.75. The quantitative estimate of drug-likeness (QED) is 0.514. The van der Waals surface area contributed by atoms with Crippen molar-refractivity contribution in [3.63, 3.8) is 0 Å².